The van der Waals surface area contributed by atoms with E-state index in [9.17, 15) is 14.3 Å². The minimum absolute atomic E-state index is 0.0517. The van der Waals surface area contributed by atoms with Crippen molar-refractivity contribution in [2.75, 3.05) is 13.1 Å². The van der Waals surface area contributed by atoms with E-state index in [1.807, 2.05) is 6.92 Å². The van der Waals surface area contributed by atoms with E-state index in [1.165, 1.54) is 10.7 Å². The molecule has 24 heavy (non-hydrogen) atoms. The maximum absolute atomic E-state index is 14.1. The molecule has 0 bridgehead atoms. The van der Waals surface area contributed by atoms with Crippen LogP contribution in [0.15, 0.2) is 24.3 Å². The van der Waals surface area contributed by atoms with Gasteiger partial charge in [0, 0.05) is 19.5 Å². The molecule has 1 N–H and O–H groups in total. The van der Waals surface area contributed by atoms with Gasteiger partial charge in [-0.05, 0) is 31.4 Å². The molecule has 128 valence electrons. The van der Waals surface area contributed by atoms with Crippen LogP contribution in [0.4, 0.5) is 4.39 Å². The first-order chi connectivity index (χ1) is 11.6. The fourth-order valence-corrected chi connectivity index (χ4v) is 2.92. The zero-order valence-corrected chi connectivity index (χ0v) is 13.7. The summed E-state index contributed by atoms with van der Waals surface area (Å²) in [6, 6.07) is 6.30. The van der Waals surface area contributed by atoms with Crippen molar-refractivity contribution in [2.24, 2.45) is 0 Å². The van der Waals surface area contributed by atoms with Gasteiger partial charge in [-0.2, -0.15) is 0 Å². The number of hydrogen-bond acceptors (Lipinski definition) is 4. The Morgan fingerprint density at radius 3 is 2.92 bits per heavy atom. The highest BCUT2D eigenvalue weighted by atomic mass is 19.1. The van der Waals surface area contributed by atoms with Crippen LogP contribution in [0, 0.1) is 5.82 Å². The number of benzene rings is 1. The van der Waals surface area contributed by atoms with Gasteiger partial charge >= 0.3 is 0 Å². The van der Waals surface area contributed by atoms with E-state index in [-0.39, 0.29) is 24.0 Å². The number of piperidine rings is 1. The molecule has 2 aromatic rings. The van der Waals surface area contributed by atoms with Gasteiger partial charge in [0.05, 0.1) is 6.10 Å². The highest BCUT2D eigenvalue weighted by Gasteiger charge is 2.27. The van der Waals surface area contributed by atoms with Gasteiger partial charge in [0.2, 0.25) is 5.82 Å². The minimum Gasteiger partial charge on any atom is -0.391 e. The van der Waals surface area contributed by atoms with E-state index in [4.69, 9.17) is 0 Å². The minimum atomic E-state index is -0.508. The molecule has 1 atom stereocenters. The predicted octanol–water partition coefficient (Wildman–Crippen LogP) is 1.96. The molecule has 0 spiro atoms. The van der Waals surface area contributed by atoms with Crippen LogP contribution in [0.3, 0.4) is 0 Å². The van der Waals surface area contributed by atoms with Gasteiger partial charge in [0.15, 0.2) is 0 Å². The zero-order chi connectivity index (χ0) is 17.1. The van der Waals surface area contributed by atoms with Crippen LogP contribution in [0.1, 0.15) is 42.6 Å². The first-order valence-electron chi connectivity index (χ1n) is 8.28. The van der Waals surface area contributed by atoms with Crippen molar-refractivity contribution in [3.05, 3.63) is 41.7 Å². The Morgan fingerprint density at radius 2 is 2.21 bits per heavy atom. The lowest BCUT2D eigenvalue weighted by atomic mass is 10.1. The zero-order valence-electron chi connectivity index (χ0n) is 13.7. The van der Waals surface area contributed by atoms with Crippen molar-refractivity contribution < 1.29 is 14.3 Å². The van der Waals surface area contributed by atoms with Gasteiger partial charge in [-0.3, -0.25) is 4.79 Å². The number of rotatable bonds is 4. The molecular formula is C17H21FN4O2. The number of aryl methyl sites for hydroxylation is 1. The number of hydrogen-bond donors (Lipinski definition) is 1. The third kappa shape index (κ3) is 3.31. The van der Waals surface area contributed by atoms with Crippen molar-refractivity contribution in [1.82, 2.24) is 19.7 Å². The Bertz CT molecular complexity index is 731. The lowest BCUT2D eigenvalue weighted by Crippen LogP contribution is -2.42. The molecule has 1 aliphatic heterocycles. The lowest BCUT2D eigenvalue weighted by Gasteiger charge is -2.29. The van der Waals surface area contributed by atoms with Crippen LogP contribution in [-0.4, -0.2) is 49.9 Å². The van der Waals surface area contributed by atoms with Crippen molar-refractivity contribution in [3.63, 3.8) is 0 Å². The van der Waals surface area contributed by atoms with E-state index in [1.54, 1.807) is 23.1 Å². The first-order valence-corrected chi connectivity index (χ1v) is 8.28. The van der Waals surface area contributed by atoms with Gasteiger partial charge in [0.25, 0.3) is 5.91 Å². The number of aromatic nitrogens is 3. The summed E-state index contributed by atoms with van der Waals surface area (Å²) in [5.74, 6) is -0.118. The topological polar surface area (TPSA) is 71.2 Å². The van der Waals surface area contributed by atoms with Gasteiger partial charge in [-0.1, -0.05) is 19.1 Å². The van der Waals surface area contributed by atoms with Crippen LogP contribution < -0.4 is 0 Å². The molecule has 6 nitrogen and oxygen atoms in total. The Labute approximate surface area is 139 Å². The maximum Gasteiger partial charge on any atom is 0.293 e. The number of para-hydroxylation sites is 1. The smallest absolute Gasteiger partial charge is 0.293 e. The molecule has 1 aromatic carbocycles. The van der Waals surface area contributed by atoms with Crippen LogP contribution >= 0.6 is 0 Å². The SMILES string of the molecule is CCCc1nc(C(=O)N2CCCC(O)C2)nn1-c1ccccc1F. The molecular weight excluding hydrogens is 311 g/mol. The average molecular weight is 332 g/mol. The summed E-state index contributed by atoms with van der Waals surface area (Å²) in [5, 5.41) is 14.0. The first kappa shape index (κ1) is 16.6. The number of likely N-dealkylation sites (tertiary alicyclic amines) is 1. The molecule has 1 aromatic heterocycles. The molecule has 3 rings (SSSR count). The van der Waals surface area contributed by atoms with Gasteiger partial charge in [-0.25, -0.2) is 14.1 Å². The Morgan fingerprint density at radius 1 is 1.42 bits per heavy atom. The molecule has 0 saturated carbocycles. The molecule has 1 unspecified atom stereocenters. The molecule has 1 saturated heterocycles. The summed E-state index contributed by atoms with van der Waals surface area (Å²) in [6.45, 7) is 2.85. The summed E-state index contributed by atoms with van der Waals surface area (Å²) >= 11 is 0. The number of halogens is 1. The molecule has 2 heterocycles. The molecule has 7 heteroatoms. The molecule has 1 fully saturated rings. The van der Waals surface area contributed by atoms with E-state index in [2.05, 4.69) is 10.1 Å². The van der Waals surface area contributed by atoms with E-state index >= 15 is 0 Å². The molecule has 1 amide bonds. The lowest BCUT2D eigenvalue weighted by molar-refractivity contribution is 0.0464. The second kappa shape index (κ2) is 7.09. The summed E-state index contributed by atoms with van der Waals surface area (Å²) in [5.41, 5.74) is 0.283. The van der Waals surface area contributed by atoms with Crippen LogP contribution in [0.5, 0.6) is 0 Å². The third-order valence-corrected chi connectivity index (χ3v) is 4.10. The van der Waals surface area contributed by atoms with Gasteiger partial charge < -0.3 is 10.0 Å². The highest BCUT2D eigenvalue weighted by Crippen LogP contribution is 2.17. The number of nitrogens with zero attached hydrogens (tertiary/aromatic N) is 4. The number of aliphatic hydroxyl groups is 1. The van der Waals surface area contributed by atoms with E-state index < -0.39 is 11.9 Å². The summed E-state index contributed by atoms with van der Waals surface area (Å²) in [7, 11) is 0. The monoisotopic (exact) mass is 332 g/mol. The summed E-state index contributed by atoms with van der Waals surface area (Å²) in [6.07, 6.45) is 2.34. The normalized spacial score (nSPS) is 18.0. The fourth-order valence-electron chi connectivity index (χ4n) is 2.92. The fraction of sp³-hybridized carbons (Fsp3) is 0.471. The molecule has 0 aliphatic carbocycles. The van der Waals surface area contributed by atoms with E-state index in [0.717, 1.165) is 12.8 Å². The molecule has 0 radical (unpaired) electrons. The number of amides is 1. The van der Waals surface area contributed by atoms with Crippen LogP contribution in [0.2, 0.25) is 0 Å². The van der Waals surface area contributed by atoms with Crippen molar-refractivity contribution in [2.45, 2.75) is 38.7 Å². The van der Waals surface area contributed by atoms with E-state index in [0.29, 0.717) is 25.2 Å². The maximum atomic E-state index is 14.1. The van der Waals surface area contributed by atoms with Crippen molar-refractivity contribution >= 4 is 5.91 Å². The van der Waals surface area contributed by atoms with Crippen molar-refractivity contribution in [1.29, 1.82) is 0 Å². The van der Waals surface area contributed by atoms with Gasteiger partial charge in [0.1, 0.15) is 17.3 Å². The standard InChI is InChI=1S/C17H21FN4O2/c1-2-6-15-19-16(17(24)21-10-5-7-12(23)11-21)20-22(15)14-9-4-3-8-13(14)18/h3-4,8-9,12,23H,2,5-7,10-11H2,1H3. The Kier molecular flexibility index (Phi) is 4.89. The Hall–Kier alpha value is -2.28. The van der Waals surface area contributed by atoms with Crippen LogP contribution in [-0.2, 0) is 6.42 Å². The second-order valence-electron chi connectivity index (χ2n) is 6.01. The third-order valence-electron chi connectivity index (χ3n) is 4.10. The van der Waals surface area contributed by atoms with Crippen LogP contribution in [0.25, 0.3) is 5.69 Å². The van der Waals surface area contributed by atoms with Crippen molar-refractivity contribution in [3.8, 4) is 5.69 Å². The Balaban J connectivity index is 1.94. The average Bonchev–Trinajstić information content (AvgIpc) is 2.99. The number of β-amino-alcohol motifs (C(OH)–C–C–N with tert-alkyl or cyclic N) is 1. The van der Waals surface area contributed by atoms with Gasteiger partial charge in [-0.15, -0.1) is 5.10 Å². The summed E-state index contributed by atoms with van der Waals surface area (Å²) in [4.78, 5) is 18.5. The molecule has 1 aliphatic rings. The second-order valence-corrected chi connectivity index (χ2v) is 6.01. The largest absolute Gasteiger partial charge is 0.391 e. The quantitative estimate of drug-likeness (QED) is 0.929. The highest BCUT2D eigenvalue weighted by molar-refractivity contribution is 5.90. The number of carbonyl (C=O) groups is 1. The number of aliphatic hydroxyl groups excluding tert-OH is 1. The summed E-state index contributed by atoms with van der Waals surface area (Å²) < 4.78 is 15.5. The number of carbonyl (C=O) groups excluding carboxylic acids is 1. The predicted molar refractivity (Wildman–Crippen MR) is 86.5 cm³/mol.